The fourth-order valence-electron chi connectivity index (χ4n) is 0.394. The lowest BCUT2D eigenvalue weighted by molar-refractivity contribution is -0.141. The Morgan fingerprint density at radius 2 is 2.18 bits per heavy atom. The maximum atomic E-state index is 10.3. The van der Waals surface area contributed by atoms with Crippen molar-refractivity contribution in [3.8, 4) is 0 Å². The number of aliphatic hydroxyl groups is 1. The number of alkyl halides is 1. The second-order valence-corrected chi connectivity index (χ2v) is 3.45. The average molecular weight is 181 g/mol. The molecule has 0 bridgehead atoms. The van der Waals surface area contributed by atoms with E-state index in [0.717, 1.165) is 0 Å². The molecule has 0 aliphatic rings. The molecule has 1 N–H and O–H groups in total. The number of hydrogen-bond acceptors (Lipinski definition) is 3. The molecule has 0 spiro atoms. The van der Waals surface area contributed by atoms with Crippen molar-refractivity contribution in [3.05, 3.63) is 0 Å². The van der Waals surface area contributed by atoms with E-state index in [4.69, 9.17) is 11.6 Å². The van der Waals surface area contributed by atoms with Crippen LogP contribution in [0.2, 0.25) is 0 Å². The summed E-state index contributed by atoms with van der Waals surface area (Å²) >= 11 is 5.67. The quantitative estimate of drug-likeness (QED) is 0.519. The third-order valence-electron chi connectivity index (χ3n) is 1.20. The molecule has 0 aliphatic heterocycles. The SMILES string of the molecule is CC(=O)OCC(Cl)C(C)(C)O. The maximum absolute atomic E-state index is 10.3. The van der Waals surface area contributed by atoms with Crippen LogP contribution in [0.4, 0.5) is 0 Å². The Balaban J connectivity index is 3.70. The third-order valence-corrected chi connectivity index (χ3v) is 1.86. The first kappa shape index (κ1) is 10.7. The van der Waals surface area contributed by atoms with Crippen LogP contribution in [0.3, 0.4) is 0 Å². The molecule has 0 amide bonds. The minimum absolute atomic E-state index is 0.0421. The molecule has 0 saturated heterocycles. The molecular weight excluding hydrogens is 168 g/mol. The van der Waals surface area contributed by atoms with E-state index in [-0.39, 0.29) is 12.6 Å². The summed E-state index contributed by atoms with van der Waals surface area (Å²) in [5.41, 5.74) is -1.02. The fraction of sp³-hybridized carbons (Fsp3) is 0.857. The first-order valence-corrected chi connectivity index (χ1v) is 3.77. The van der Waals surface area contributed by atoms with Crippen molar-refractivity contribution in [2.45, 2.75) is 31.7 Å². The number of halogens is 1. The largest absolute Gasteiger partial charge is 0.464 e. The van der Waals surface area contributed by atoms with Gasteiger partial charge in [0.25, 0.3) is 0 Å². The van der Waals surface area contributed by atoms with Gasteiger partial charge in [-0.25, -0.2) is 0 Å². The standard InChI is InChI=1S/C7H13ClO3/c1-5(9)11-4-6(8)7(2,3)10/h6,10H,4H2,1-3H3. The molecule has 0 radical (unpaired) electrons. The molecule has 0 heterocycles. The Bertz CT molecular complexity index is 139. The summed E-state index contributed by atoms with van der Waals surface area (Å²) in [6.45, 7) is 4.47. The molecular formula is C7H13ClO3. The number of rotatable bonds is 3. The Morgan fingerprint density at radius 3 is 2.45 bits per heavy atom. The van der Waals surface area contributed by atoms with E-state index < -0.39 is 11.0 Å². The topological polar surface area (TPSA) is 46.5 Å². The van der Waals surface area contributed by atoms with E-state index in [1.807, 2.05) is 0 Å². The molecule has 66 valence electrons. The van der Waals surface area contributed by atoms with E-state index in [0.29, 0.717) is 0 Å². The summed E-state index contributed by atoms with van der Waals surface area (Å²) in [7, 11) is 0. The molecule has 0 rings (SSSR count). The van der Waals surface area contributed by atoms with Crippen LogP contribution in [0.15, 0.2) is 0 Å². The van der Waals surface area contributed by atoms with Crippen molar-refractivity contribution in [1.82, 2.24) is 0 Å². The predicted molar refractivity (Wildman–Crippen MR) is 42.6 cm³/mol. The van der Waals surface area contributed by atoms with Gasteiger partial charge in [-0.05, 0) is 13.8 Å². The Labute approximate surface area is 71.3 Å². The molecule has 0 aromatic rings. The molecule has 0 saturated carbocycles. The first-order chi connectivity index (χ1) is 4.84. The summed E-state index contributed by atoms with van der Waals surface area (Å²) in [4.78, 5) is 10.3. The highest BCUT2D eigenvalue weighted by Gasteiger charge is 2.25. The minimum atomic E-state index is -1.02. The van der Waals surface area contributed by atoms with Crippen LogP contribution in [0, 0.1) is 0 Å². The van der Waals surface area contributed by atoms with Gasteiger partial charge in [-0.15, -0.1) is 11.6 Å². The molecule has 4 heteroatoms. The Morgan fingerprint density at radius 1 is 1.73 bits per heavy atom. The summed E-state index contributed by atoms with van der Waals surface area (Å²) < 4.78 is 4.60. The lowest BCUT2D eigenvalue weighted by Gasteiger charge is -2.22. The summed E-state index contributed by atoms with van der Waals surface area (Å²) in [6, 6.07) is 0. The van der Waals surface area contributed by atoms with Crippen LogP contribution in [-0.4, -0.2) is 28.7 Å². The second-order valence-electron chi connectivity index (χ2n) is 2.92. The van der Waals surface area contributed by atoms with E-state index in [2.05, 4.69) is 4.74 Å². The van der Waals surface area contributed by atoms with Gasteiger partial charge < -0.3 is 9.84 Å². The maximum Gasteiger partial charge on any atom is 0.302 e. The number of esters is 1. The Hall–Kier alpha value is -0.280. The smallest absolute Gasteiger partial charge is 0.302 e. The van der Waals surface area contributed by atoms with E-state index in [1.165, 1.54) is 6.92 Å². The lowest BCUT2D eigenvalue weighted by atomic mass is 10.1. The summed E-state index contributed by atoms with van der Waals surface area (Å²) in [5, 5.41) is 8.71. The van der Waals surface area contributed by atoms with E-state index >= 15 is 0 Å². The molecule has 0 aromatic heterocycles. The molecule has 0 aliphatic carbocycles. The zero-order chi connectivity index (χ0) is 9.07. The van der Waals surface area contributed by atoms with Gasteiger partial charge in [0.1, 0.15) is 6.61 Å². The van der Waals surface area contributed by atoms with Gasteiger partial charge in [0.2, 0.25) is 0 Å². The van der Waals surface area contributed by atoms with E-state index in [1.54, 1.807) is 13.8 Å². The number of ether oxygens (including phenoxy) is 1. The molecule has 0 aromatic carbocycles. The van der Waals surface area contributed by atoms with Crippen molar-refractivity contribution in [2.24, 2.45) is 0 Å². The molecule has 0 fully saturated rings. The zero-order valence-electron chi connectivity index (χ0n) is 6.93. The van der Waals surface area contributed by atoms with Crippen LogP contribution in [0.25, 0.3) is 0 Å². The van der Waals surface area contributed by atoms with Gasteiger partial charge in [0.15, 0.2) is 0 Å². The number of carbonyl (C=O) groups is 1. The first-order valence-electron chi connectivity index (χ1n) is 3.34. The van der Waals surface area contributed by atoms with Crippen molar-refractivity contribution >= 4 is 17.6 Å². The van der Waals surface area contributed by atoms with Gasteiger partial charge in [-0.1, -0.05) is 0 Å². The number of hydrogen-bond donors (Lipinski definition) is 1. The zero-order valence-corrected chi connectivity index (χ0v) is 7.68. The van der Waals surface area contributed by atoms with Crippen molar-refractivity contribution in [1.29, 1.82) is 0 Å². The van der Waals surface area contributed by atoms with Crippen LogP contribution < -0.4 is 0 Å². The van der Waals surface area contributed by atoms with Crippen LogP contribution in [0.5, 0.6) is 0 Å². The molecule has 1 unspecified atom stereocenters. The summed E-state index contributed by atoms with van der Waals surface area (Å²) in [5.74, 6) is -0.389. The van der Waals surface area contributed by atoms with Crippen molar-refractivity contribution in [3.63, 3.8) is 0 Å². The van der Waals surface area contributed by atoms with E-state index in [9.17, 15) is 9.90 Å². The lowest BCUT2D eigenvalue weighted by Crippen LogP contribution is -2.35. The highest BCUT2D eigenvalue weighted by molar-refractivity contribution is 6.21. The van der Waals surface area contributed by atoms with Gasteiger partial charge >= 0.3 is 5.97 Å². The van der Waals surface area contributed by atoms with Crippen LogP contribution in [-0.2, 0) is 9.53 Å². The summed E-state index contributed by atoms with van der Waals surface area (Å²) in [6.07, 6.45) is 0. The molecule has 3 nitrogen and oxygen atoms in total. The van der Waals surface area contributed by atoms with Gasteiger partial charge in [-0.3, -0.25) is 4.79 Å². The fourth-order valence-corrected chi connectivity index (χ4v) is 0.457. The van der Waals surface area contributed by atoms with Gasteiger partial charge in [0, 0.05) is 6.92 Å². The highest BCUT2D eigenvalue weighted by atomic mass is 35.5. The van der Waals surface area contributed by atoms with Crippen molar-refractivity contribution in [2.75, 3.05) is 6.61 Å². The monoisotopic (exact) mass is 180 g/mol. The highest BCUT2D eigenvalue weighted by Crippen LogP contribution is 2.14. The average Bonchev–Trinajstić information content (AvgIpc) is 1.80. The Kier molecular flexibility index (Phi) is 3.83. The molecule has 1 atom stereocenters. The normalized spacial score (nSPS) is 14.3. The van der Waals surface area contributed by atoms with Crippen LogP contribution in [0.1, 0.15) is 20.8 Å². The van der Waals surface area contributed by atoms with Gasteiger partial charge in [-0.2, -0.15) is 0 Å². The molecule has 11 heavy (non-hydrogen) atoms. The minimum Gasteiger partial charge on any atom is -0.464 e. The number of carbonyl (C=O) groups excluding carboxylic acids is 1. The van der Waals surface area contributed by atoms with Crippen LogP contribution >= 0.6 is 11.6 Å². The van der Waals surface area contributed by atoms with Gasteiger partial charge in [0.05, 0.1) is 11.0 Å². The predicted octanol–water partition coefficient (Wildman–Crippen LogP) is 0.928. The second kappa shape index (κ2) is 3.93. The van der Waals surface area contributed by atoms with Crippen molar-refractivity contribution < 1.29 is 14.6 Å². The third kappa shape index (κ3) is 5.04.